The zero-order chi connectivity index (χ0) is 25.6. The molecule has 2 rings (SSSR count). The van der Waals surface area contributed by atoms with Crippen LogP contribution in [0.3, 0.4) is 0 Å². The molecule has 5 amide bonds. The SMILES string of the molecule is O=C(NCCCC(C(=O)NCCCO)C(=O)NCCCO)C1CCC(CN2C(=O)C=CC2=O)CC1. The van der Waals surface area contributed by atoms with Crippen LogP contribution in [0.15, 0.2) is 12.2 Å². The van der Waals surface area contributed by atoms with Crippen molar-refractivity contribution in [1.82, 2.24) is 20.9 Å². The smallest absolute Gasteiger partial charge is 0.253 e. The summed E-state index contributed by atoms with van der Waals surface area (Å²) in [5, 5.41) is 25.9. The van der Waals surface area contributed by atoms with Gasteiger partial charge in [0.15, 0.2) is 0 Å². The van der Waals surface area contributed by atoms with E-state index in [0.29, 0.717) is 45.2 Å². The summed E-state index contributed by atoms with van der Waals surface area (Å²) in [6.07, 6.45) is 6.94. The monoisotopic (exact) mass is 494 g/mol. The van der Waals surface area contributed by atoms with Gasteiger partial charge in [0.1, 0.15) is 5.92 Å². The molecule has 0 radical (unpaired) electrons. The van der Waals surface area contributed by atoms with Crippen LogP contribution >= 0.6 is 0 Å². The number of hydrogen-bond acceptors (Lipinski definition) is 7. The average molecular weight is 495 g/mol. The second kappa shape index (κ2) is 15.3. The number of nitrogens with zero attached hydrogens (tertiary/aromatic N) is 1. The van der Waals surface area contributed by atoms with Gasteiger partial charge in [-0.2, -0.15) is 0 Å². The van der Waals surface area contributed by atoms with Gasteiger partial charge in [-0.3, -0.25) is 28.9 Å². The minimum atomic E-state index is -0.912. The molecular formula is C24H38N4O7. The summed E-state index contributed by atoms with van der Waals surface area (Å²) >= 11 is 0. The number of rotatable bonds is 15. The molecule has 1 saturated carbocycles. The molecule has 0 atom stereocenters. The van der Waals surface area contributed by atoms with Crippen LogP contribution in [0.2, 0.25) is 0 Å². The van der Waals surface area contributed by atoms with Crippen molar-refractivity contribution in [2.24, 2.45) is 17.8 Å². The molecule has 2 aliphatic rings. The Labute approximate surface area is 205 Å². The summed E-state index contributed by atoms with van der Waals surface area (Å²) in [5.41, 5.74) is 0. The average Bonchev–Trinajstić information content (AvgIpc) is 3.16. The molecule has 5 N–H and O–H groups in total. The molecule has 11 nitrogen and oxygen atoms in total. The fourth-order valence-electron chi connectivity index (χ4n) is 4.35. The number of imide groups is 1. The Bertz CT molecular complexity index is 738. The number of aliphatic hydroxyl groups is 2. The quantitative estimate of drug-likeness (QED) is 0.113. The molecule has 196 valence electrons. The van der Waals surface area contributed by atoms with Gasteiger partial charge in [-0.05, 0) is 57.3 Å². The highest BCUT2D eigenvalue weighted by Crippen LogP contribution is 2.30. The van der Waals surface area contributed by atoms with Gasteiger partial charge in [-0.25, -0.2) is 0 Å². The van der Waals surface area contributed by atoms with Crippen LogP contribution < -0.4 is 16.0 Å². The Morgan fingerprint density at radius 1 is 0.829 bits per heavy atom. The molecule has 1 aliphatic heterocycles. The van der Waals surface area contributed by atoms with Crippen molar-refractivity contribution in [1.29, 1.82) is 0 Å². The summed E-state index contributed by atoms with van der Waals surface area (Å²) in [5.74, 6) is -2.31. The van der Waals surface area contributed by atoms with Crippen LogP contribution in [0.5, 0.6) is 0 Å². The summed E-state index contributed by atoms with van der Waals surface area (Å²) < 4.78 is 0. The van der Waals surface area contributed by atoms with E-state index in [2.05, 4.69) is 16.0 Å². The third kappa shape index (κ3) is 9.41. The minimum Gasteiger partial charge on any atom is -0.396 e. The lowest BCUT2D eigenvalue weighted by Crippen LogP contribution is -2.42. The summed E-state index contributed by atoms with van der Waals surface area (Å²) in [7, 11) is 0. The van der Waals surface area contributed by atoms with E-state index in [-0.39, 0.29) is 62.3 Å². The van der Waals surface area contributed by atoms with Gasteiger partial charge in [0.2, 0.25) is 17.7 Å². The lowest BCUT2D eigenvalue weighted by Gasteiger charge is -2.30. The van der Waals surface area contributed by atoms with Gasteiger partial charge in [0.25, 0.3) is 11.8 Å². The Morgan fingerprint density at radius 2 is 1.34 bits per heavy atom. The van der Waals surface area contributed by atoms with Gasteiger partial charge in [-0.15, -0.1) is 0 Å². The standard InChI is InChI=1S/C24H38N4O7/c29-14-2-12-26-23(34)19(24(35)27-13-3-15-30)4-1-11-25-22(33)18-7-5-17(6-8-18)16-28-20(31)9-10-21(28)32/h9-10,17-19,29-30H,1-8,11-16H2,(H,25,33)(H,26,34)(H,27,35). The van der Waals surface area contributed by atoms with Gasteiger partial charge in [0, 0.05) is 57.5 Å². The second-order valence-corrected chi connectivity index (χ2v) is 9.06. The number of nitrogens with one attached hydrogen (secondary N) is 3. The zero-order valence-corrected chi connectivity index (χ0v) is 20.2. The molecule has 0 aromatic carbocycles. The van der Waals surface area contributed by atoms with Crippen molar-refractivity contribution in [3.05, 3.63) is 12.2 Å². The molecular weight excluding hydrogens is 456 g/mol. The Kier molecular flexibility index (Phi) is 12.4. The second-order valence-electron chi connectivity index (χ2n) is 9.06. The van der Waals surface area contributed by atoms with Crippen molar-refractivity contribution in [2.45, 2.75) is 51.4 Å². The molecule has 35 heavy (non-hydrogen) atoms. The molecule has 0 aromatic heterocycles. The van der Waals surface area contributed by atoms with Crippen LogP contribution in [0.1, 0.15) is 51.4 Å². The Hall–Kier alpha value is -2.79. The van der Waals surface area contributed by atoms with Gasteiger partial charge in [-0.1, -0.05) is 0 Å². The van der Waals surface area contributed by atoms with Crippen molar-refractivity contribution >= 4 is 29.5 Å². The third-order valence-corrected chi connectivity index (χ3v) is 6.43. The predicted molar refractivity (Wildman–Crippen MR) is 126 cm³/mol. The molecule has 0 spiro atoms. The summed E-state index contributed by atoms with van der Waals surface area (Å²) in [6, 6.07) is 0. The van der Waals surface area contributed by atoms with Gasteiger partial charge >= 0.3 is 0 Å². The minimum absolute atomic E-state index is 0.0604. The van der Waals surface area contributed by atoms with E-state index in [1.165, 1.54) is 17.1 Å². The van der Waals surface area contributed by atoms with E-state index in [0.717, 1.165) is 12.8 Å². The van der Waals surface area contributed by atoms with Crippen LogP contribution in [0, 0.1) is 17.8 Å². The highest BCUT2D eigenvalue weighted by Gasteiger charge is 2.31. The maximum absolute atomic E-state index is 12.6. The Morgan fingerprint density at radius 3 is 1.86 bits per heavy atom. The van der Waals surface area contributed by atoms with E-state index in [1.807, 2.05) is 0 Å². The molecule has 1 heterocycles. The lowest BCUT2D eigenvalue weighted by molar-refractivity contribution is -0.139. The summed E-state index contributed by atoms with van der Waals surface area (Å²) in [6.45, 7) is 1.14. The van der Waals surface area contributed by atoms with E-state index in [4.69, 9.17) is 10.2 Å². The highest BCUT2D eigenvalue weighted by atomic mass is 16.3. The molecule has 1 aliphatic carbocycles. The molecule has 0 aromatic rings. The van der Waals surface area contributed by atoms with Crippen molar-refractivity contribution in [2.75, 3.05) is 39.4 Å². The molecule has 0 saturated heterocycles. The first-order chi connectivity index (χ1) is 16.9. The van der Waals surface area contributed by atoms with Gasteiger partial charge in [0.05, 0.1) is 0 Å². The van der Waals surface area contributed by atoms with Gasteiger partial charge < -0.3 is 26.2 Å². The number of hydrogen-bond donors (Lipinski definition) is 5. The van der Waals surface area contributed by atoms with Crippen LogP contribution in [-0.4, -0.2) is 84.0 Å². The van der Waals surface area contributed by atoms with E-state index >= 15 is 0 Å². The van der Waals surface area contributed by atoms with Crippen LogP contribution in [0.4, 0.5) is 0 Å². The summed E-state index contributed by atoms with van der Waals surface area (Å²) in [4.78, 5) is 62.1. The van der Waals surface area contributed by atoms with Crippen molar-refractivity contribution in [3.63, 3.8) is 0 Å². The number of carbonyl (C=O) groups excluding carboxylic acids is 5. The molecule has 1 fully saturated rings. The normalized spacial score (nSPS) is 19.8. The maximum Gasteiger partial charge on any atom is 0.253 e. The largest absolute Gasteiger partial charge is 0.396 e. The Balaban J connectivity index is 1.71. The first kappa shape index (κ1) is 28.4. The highest BCUT2D eigenvalue weighted by molar-refractivity contribution is 6.12. The lowest BCUT2D eigenvalue weighted by atomic mass is 9.81. The maximum atomic E-state index is 12.6. The molecule has 11 heteroatoms. The van der Waals surface area contributed by atoms with Crippen LogP contribution in [-0.2, 0) is 24.0 Å². The number of aliphatic hydroxyl groups excluding tert-OH is 2. The zero-order valence-electron chi connectivity index (χ0n) is 20.2. The first-order valence-corrected chi connectivity index (χ1v) is 12.5. The molecule has 0 bridgehead atoms. The fraction of sp³-hybridized carbons (Fsp3) is 0.708. The third-order valence-electron chi connectivity index (χ3n) is 6.43. The first-order valence-electron chi connectivity index (χ1n) is 12.5. The van der Waals surface area contributed by atoms with E-state index < -0.39 is 17.7 Å². The fourth-order valence-corrected chi connectivity index (χ4v) is 4.35. The van der Waals surface area contributed by atoms with Crippen molar-refractivity contribution < 1.29 is 34.2 Å². The molecule has 0 unspecified atom stereocenters. The van der Waals surface area contributed by atoms with E-state index in [9.17, 15) is 24.0 Å². The van der Waals surface area contributed by atoms with E-state index in [1.54, 1.807) is 0 Å². The predicted octanol–water partition coefficient (Wildman–Crippen LogP) is -0.772. The van der Waals surface area contributed by atoms with Crippen LogP contribution in [0.25, 0.3) is 0 Å². The topological polar surface area (TPSA) is 165 Å². The number of carbonyl (C=O) groups is 5. The number of amides is 5. The van der Waals surface area contributed by atoms with Crippen molar-refractivity contribution in [3.8, 4) is 0 Å².